The van der Waals surface area contributed by atoms with Crippen LogP contribution in [0, 0.1) is 11.8 Å². The van der Waals surface area contributed by atoms with Crippen molar-refractivity contribution < 1.29 is 9.53 Å². The SMILES string of the molecule is CNc1ncc(-c2nc3ccc(OC)cn3n2)c2cc(NC(=O)C3CC3C)ncc12. The second kappa shape index (κ2) is 6.94. The highest BCUT2D eigenvalue weighted by molar-refractivity contribution is 6.03. The summed E-state index contributed by atoms with van der Waals surface area (Å²) in [6.07, 6.45) is 6.14. The lowest BCUT2D eigenvalue weighted by atomic mass is 10.1. The molecule has 0 bridgehead atoms. The first kappa shape index (κ1) is 18.3. The Morgan fingerprint density at radius 1 is 1.23 bits per heavy atom. The van der Waals surface area contributed by atoms with Gasteiger partial charge in [0.05, 0.1) is 13.3 Å². The molecule has 0 radical (unpaired) electrons. The number of aromatic nitrogens is 5. The largest absolute Gasteiger partial charge is 0.495 e. The van der Waals surface area contributed by atoms with Crippen molar-refractivity contribution in [3.8, 4) is 17.1 Å². The maximum absolute atomic E-state index is 12.4. The van der Waals surface area contributed by atoms with Gasteiger partial charge in [-0.2, -0.15) is 0 Å². The van der Waals surface area contributed by atoms with E-state index >= 15 is 0 Å². The summed E-state index contributed by atoms with van der Waals surface area (Å²) in [5.41, 5.74) is 1.45. The molecule has 9 nitrogen and oxygen atoms in total. The van der Waals surface area contributed by atoms with Crippen LogP contribution in [0.3, 0.4) is 0 Å². The number of fused-ring (bicyclic) bond motifs is 2. The van der Waals surface area contributed by atoms with Crippen molar-refractivity contribution in [3.05, 3.63) is 36.8 Å². The Kier molecular flexibility index (Phi) is 4.23. The Hall–Kier alpha value is -3.75. The van der Waals surface area contributed by atoms with Gasteiger partial charge in [-0.15, -0.1) is 5.10 Å². The number of nitrogens with one attached hydrogen (secondary N) is 2. The second-order valence-corrected chi connectivity index (χ2v) is 7.50. The molecule has 1 aliphatic rings. The number of methoxy groups -OCH3 is 1. The lowest BCUT2D eigenvalue weighted by molar-refractivity contribution is -0.117. The van der Waals surface area contributed by atoms with E-state index < -0.39 is 0 Å². The van der Waals surface area contributed by atoms with E-state index in [1.165, 1.54) is 0 Å². The summed E-state index contributed by atoms with van der Waals surface area (Å²) < 4.78 is 6.94. The number of hydrogen-bond acceptors (Lipinski definition) is 7. The Morgan fingerprint density at radius 3 is 2.80 bits per heavy atom. The number of carbonyl (C=O) groups is 1. The van der Waals surface area contributed by atoms with Crippen molar-refractivity contribution in [2.24, 2.45) is 11.8 Å². The molecule has 0 aliphatic heterocycles. The fourth-order valence-electron chi connectivity index (χ4n) is 3.59. The third-order valence-corrected chi connectivity index (χ3v) is 5.49. The molecule has 4 heterocycles. The van der Waals surface area contributed by atoms with Crippen LogP contribution in [0.4, 0.5) is 11.6 Å². The third kappa shape index (κ3) is 3.08. The Labute approximate surface area is 172 Å². The van der Waals surface area contributed by atoms with Crippen LogP contribution >= 0.6 is 0 Å². The fraction of sp³-hybridized carbons (Fsp3) is 0.286. The Balaban J connectivity index is 1.61. The van der Waals surface area contributed by atoms with Crippen LogP contribution < -0.4 is 15.4 Å². The number of pyridine rings is 3. The quantitative estimate of drug-likeness (QED) is 0.528. The molecule has 0 spiro atoms. The molecule has 30 heavy (non-hydrogen) atoms. The molecular weight excluding hydrogens is 382 g/mol. The molecule has 0 saturated heterocycles. The first-order chi connectivity index (χ1) is 14.6. The number of ether oxygens (including phenoxy) is 1. The maximum Gasteiger partial charge on any atom is 0.228 e. The molecule has 1 fully saturated rings. The summed E-state index contributed by atoms with van der Waals surface area (Å²) in [5, 5.41) is 12.3. The average molecular weight is 403 g/mol. The highest BCUT2D eigenvalue weighted by atomic mass is 16.5. The predicted molar refractivity (Wildman–Crippen MR) is 114 cm³/mol. The number of amides is 1. The van der Waals surface area contributed by atoms with Gasteiger partial charge in [-0.3, -0.25) is 4.79 Å². The van der Waals surface area contributed by atoms with Crippen molar-refractivity contribution in [1.82, 2.24) is 24.6 Å². The molecule has 4 aromatic heterocycles. The van der Waals surface area contributed by atoms with Crippen LogP contribution in [-0.2, 0) is 4.79 Å². The molecule has 4 aromatic rings. The highest BCUT2D eigenvalue weighted by Gasteiger charge is 2.39. The number of carbonyl (C=O) groups excluding carboxylic acids is 1. The summed E-state index contributed by atoms with van der Waals surface area (Å²) in [7, 11) is 3.42. The number of nitrogens with zero attached hydrogens (tertiary/aromatic N) is 5. The monoisotopic (exact) mass is 403 g/mol. The van der Waals surface area contributed by atoms with Crippen molar-refractivity contribution in [2.45, 2.75) is 13.3 Å². The summed E-state index contributed by atoms with van der Waals surface area (Å²) in [6.45, 7) is 2.07. The normalized spacial score (nSPS) is 17.8. The predicted octanol–water partition coefficient (Wildman–Crippen LogP) is 2.98. The van der Waals surface area contributed by atoms with Gasteiger partial charge >= 0.3 is 0 Å². The smallest absolute Gasteiger partial charge is 0.228 e. The molecule has 0 aromatic carbocycles. The van der Waals surface area contributed by atoms with Crippen molar-refractivity contribution >= 4 is 34.0 Å². The molecule has 9 heteroatoms. The van der Waals surface area contributed by atoms with Gasteiger partial charge < -0.3 is 15.4 Å². The minimum atomic E-state index is 0.0109. The number of rotatable bonds is 5. The summed E-state index contributed by atoms with van der Waals surface area (Å²) in [6, 6.07) is 5.53. The number of anilines is 2. The van der Waals surface area contributed by atoms with Crippen molar-refractivity contribution in [3.63, 3.8) is 0 Å². The molecule has 2 atom stereocenters. The van der Waals surface area contributed by atoms with Gasteiger partial charge in [0.2, 0.25) is 5.91 Å². The van der Waals surface area contributed by atoms with E-state index in [4.69, 9.17) is 4.74 Å². The molecule has 1 saturated carbocycles. The summed E-state index contributed by atoms with van der Waals surface area (Å²) in [5.74, 6) is 2.94. The van der Waals surface area contributed by atoms with Gasteiger partial charge in [0.1, 0.15) is 17.4 Å². The van der Waals surface area contributed by atoms with Gasteiger partial charge in [0.25, 0.3) is 0 Å². The van der Waals surface area contributed by atoms with Gasteiger partial charge in [-0.25, -0.2) is 19.5 Å². The van der Waals surface area contributed by atoms with Gasteiger partial charge in [-0.1, -0.05) is 6.92 Å². The first-order valence-corrected chi connectivity index (χ1v) is 9.75. The molecule has 2 unspecified atom stereocenters. The molecular formula is C21H21N7O2. The molecule has 1 aliphatic carbocycles. The zero-order chi connectivity index (χ0) is 20.8. The van der Waals surface area contributed by atoms with E-state index in [0.29, 0.717) is 34.8 Å². The zero-order valence-electron chi connectivity index (χ0n) is 16.9. The highest BCUT2D eigenvalue weighted by Crippen LogP contribution is 2.38. The van der Waals surface area contributed by atoms with Gasteiger partial charge in [0.15, 0.2) is 11.5 Å². The van der Waals surface area contributed by atoms with Crippen molar-refractivity contribution in [2.75, 3.05) is 24.8 Å². The van der Waals surface area contributed by atoms with E-state index in [-0.39, 0.29) is 11.8 Å². The van der Waals surface area contributed by atoms with E-state index in [1.807, 2.05) is 18.2 Å². The minimum Gasteiger partial charge on any atom is -0.495 e. The minimum absolute atomic E-state index is 0.0109. The number of hydrogen-bond donors (Lipinski definition) is 2. The molecule has 1 amide bonds. The van der Waals surface area contributed by atoms with E-state index in [2.05, 4.69) is 37.6 Å². The first-order valence-electron chi connectivity index (χ1n) is 9.75. The average Bonchev–Trinajstić information content (AvgIpc) is 3.35. The fourth-order valence-corrected chi connectivity index (χ4v) is 3.59. The van der Waals surface area contributed by atoms with Crippen LogP contribution in [0.15, 0.2) is 36.8 Å². The molecule has 5 rings (SSSR count). The summed E-state index contributed by atoms with van der Waals surface area (Å²) >= 11 is 0. The van der Waals surface area contributed by atoms with E-state index in [0.717, 1.165) is 22.8 Å². The Bertz CT molecular complexity index is 1280. The summed E-state index contributed by atoms with van der Waals surface area (Å²) in [4.78, 5) is 25.9. The molecule has 152 valence electrons. The third-order valence-electron chi connectivity index (χ3n) is 5.49. The van der Waals surface area contributed by atoms with Crippen LogP contribution in [0.2, 0.25) is 0 Å². The lowest BCUT2D eigenvalue weighted by Crippen LogP contribution is -2.15. The van der Waals surface area contributed by atoms with E-state index in [1.54, 1.807) is 37.3 Å². The van der Waals surface area contributed by atoms with Gasteiger partial charge in [-0.05, 0) is 30.5 Å². The maximum atomic E-state index is 12.4. The van der Waals surface area contributed by atoms with Crippen LogP contribution in [0.1, 0.15) is 13.3 Å². The van der Waals surface area contributed by atoms with E-state index in [9.17, 15) is 4.79 Å². The van der Waals surface area contributed by atoms with Crippen LogP contribution in [0.25, 0.3) is 27.8 Å². The van der Waals surface area contributed by atoms with Crippen molar-refractivity contribution in [1.29, 1.82) is 0 Å². The van der Waals surface area contributed by atoms with Crippen LogP contribution in [0.5, 0.6) is 5.75 Å². The lowest BCUT2D eigenvalue weighted by Gasteiger charge is -2.10. The van der Waals surface area contributed by atoms with Gasteiger partial charge in [0, 0.05) is 41.7 Å². The standard InChI is InChI=1S/C21H21N7O2/c1-11-6-13(11)21(29)25-17-7-14-15(8-23-17)19(22-2)24-9-16(14)20-26-18-5-4-12(30-3)10-28(18)27-20/h4-5,7-11,13H,6H2,1-3H3,(H,22,24)(H,23,25,29). The second-order valence-electron chi connectivity index (χ2n) is 7.50. The molecule has 2 N–H and O–H groups in total. The topological polar surface area (TPSA) is 106 Å². The Morgan fingerprint density at radius 2 is 2.07 bits per heavy atom. The van der Waals surface area contributed by atoms with Crippen LogP contribution in [-0.4, -0.2) is 44.6 Å². The zero-order valence-corrected chi connectivity index (χ0v) is 16.9.